The quantitative estimate of drug-likeness (QED) is 0.264. The molecule has 3 amide bonds. The maximum absolute atomic E-state index is 14.8. The Bertz CT molecular complexity index is 1760. The molecule has 0 unspecified atom stereocenters. The molecule has 4 N–H and O–H groups in total. The van der Waals surface area contributed by atoms with Crippen molar-refractivity contribution in [3.63, 3.8) is 0 Å². The van der Waals surface area contributed by atoms with E-state index in [4.69, 9.17) is 4.74 Å². The van der Waals surface area contributed by atoms with Gasteiger partial charge >= 0.3 is 0 Å². The monoisotopic (exact) mass is 682 g/mol. The molecule has 258 valence electrons. The van der Waals surface area contributed by atoms with Crippen LogP contribution in [0.2, 0.25) is 18.6 Å². The average molecular weight is 683 g/mol. The number of hydrogen-bond donors (Lipinski definition) is 4. The number of ether oxygens (including phenoxy) is 1. The summed E-state index contributed by atoms with van der Waals surface area (Å²) in [6, 6.07) is 22.6. The summed E-state index contributed by atoms with van der Waals surface area (Å²) in [5.74, 6) is -0.848. The standard InChI is InChI=1S/C38H46N4O6Si/c1-24-35(49(2,3)47)33(20-34(44)41-22-27-12-5-4-11-26(27)19-29(41)23-43)48-38(24)30-14-6-7-16-32(30)42(37(38)46)21-25-10-8-13-28(18-25)40-36(45)31-15-9-17-39-31/h4-8,10-14,16,18,24,29,31,33,35,39,43,47H,9,15,17,19-23H2,1-3H3,(H,40,45)/t24-,29+,31-,33+,35-,38+/m1/s1. The number of carbonyl (C=O) groups excluding carboxylic acids is 3. The largest absolute Gasteiger partial charge is 0.432 e. The summed E-state index contributed by atoms with van der Waals surface area (Å²) in [5.41, 5.74) is 3.41. The first-order valence-electron chi connectivity index (χ1n) is 17.4. The normalized spacial score (nSPS) is 27.8. The lowest BCUT2D eigenvalue weighted by molar-refractivity contribution is -0.151. The van der Waals surface area contributed by atoms with Gasteiger partial charge in [0, 0.05) is 29.3 Å². The Labute approximate surface area is 288 Å². The third-order valence-electron chi connectivity index (χ3n) is 11.1. The zero-order chi connectivity index (χ0) is 34.5. The molecule has 2 fully saturated rings. The second kappa shape index (κ2) is 13.1. The second-order valence-corrected chi connectivity index (χ2v) is 18.6. The molecule has 0 saturated carbocycles. The predicted molar refractivity (Wildman–Crippen MR) is 189 cm³/mol. The van der Waals surface area contributed by atoms with E-state index >= 15 is 0 Å². The minimum absolute atomic E-state index is 0.000541. The number of fused-ring (bicyclic) bond motifs is 3. The van der Waals surface area contributed by atoms with Gasteiger partial charge in [-0.1, -0.05) is 61.5 Å². The fourth-order valence-electron chi connectivity index (χ4n) is 8.79. The van der Waals surface area contributed by atoms with Gasteiger partial charge < -0.3 is 35.1 Å². The summed E-state index contributed by atoms with van der Waals surface area (Å²) in [5, 5.41) is 16.5. The molecule has 0 radical (unpaired) electrons. The van der Waals surface area contributed by atoms with Crippen LogP contribution in [0.15, 0.2) is 72.8 Å². The lowest BCUT2D eigenvalue weighted by Crippen LogP contribution is -2.48. The topological polar surface area (TPSA) is 131 Å². The molecule has 0 aromatic heterocycles. The zero-order valence-electron chi connectivity index (χ0n) is 28.4. The SMILES string of the molecule is C[C@@H]1[C@@H]([Si](C)(C)O)[C@H](CC(=O)N2Cc3ccccc3C[C@H]2CO)O[C@@]12C(=O)N(Cc1cccc(NC(=O)[C@H]3CCCN3)c1)c1ccccc12. The Morgan fingerprint density at radius 3 is 2.55 bits per heavy atom. The Morgan fingerprint density at radius 2 is 1.82 bits per heavy atom. The highest BCUT2D eigenvalue weighted by molar-refractivity contribution is 6.71. The first-order chi connectivity index (χ1) is 23.5. The van der Waals surface area contributed by atoms with Crippen LogP contribution in [0.3, 0.4) is 0 Å². The van der Waals surface area contributed by atoms with Crippen LogP contribution in [0.4, 0.5) is 11.4 Å². The highest BCUT2D eigenvalue weighted by atomic mass is 28.4. The predicted octanol–water partition coefficient (Wildman–Crippen LogP) is 4.06. The third kappa shape index (κ3) is 6.01. The molecule has 0 bridgehead atoms. The fraction of sp³-hybridized carbons (Fsp3) is 0.447. The van der Waals surface area contributed by atoms with Crippen LogP contribution >= 0.6 is 0 Å². The molecule has 1 spiro atoms. The molecule has 3 aromatic rings. The highest BCUT2D eigenvalue weighted by Crippen LogP contribution is 2.59. The average Bonchev–Trinajstić information content (AvgIpc) is 3.78. The molecule has 7 rings (SSSR count). The van der Waals surface area contributed by atoms with Crippen LogP contribution < -0.4 is 15.5 Å². The van der Waals surface area contributed by atoms with Crippen molar-refractivity contribution in [3.05, 3.63) is 95.1 Å². The van der Waals surface area contributed by atoms with Crippen molar-refractivity contribution in [1.29, 1.82) is 0 Å². The van der Waals surface area contributed by atoms with Crippen LogP contribution in [0.25, 0.3) is 0 Å². The minimum Gasteiger partial charge on any atom is -0.432 e. The number of para-hydroxylation sites is 1. The van der Waals surface area contributed by atoms with E-state index < -0.39 is 31.5 Å². The van der Waals surface area contributed by atoms with E-state index in [1.807, 2.05) is 92.8 Å². The smallest absolute Gasteiger partial charge is 0.264 e. The number of aliphatic hydroxyl groups is 1. The van der Waals surface area contributed by atoms with E-state index in [1.54, 1.807) is 9.80 Å². The van der Waals surface area contributed by atoms with Crippen LogP contribution in [-0.4, -0.2) is 72.2 Å². The number of nitrogens with zero attached hydrogens (tertiary/aromatic N) is 2. The molecular formula is C38H46N4O6Si. The molecule has 4 heterocycles. The summed E-state index contributed by atoms with van der Waals surface area (Å²) in [4.78, 5) is 56.8. The number of benzene rings is 3. The van der Waals surface area contributed by atoms with Gasteiger partial charge in [-0.2, -0.15) is 0 Å². The maximum Gasteiger partial charge on any atom is 0.264 e. The van der Waals surface area contributed by atoms with E-state index in [0.29, 0.717) is 18.7 Å². The van der Waals surface area contributed by atoms with E-state index in [2.05, 4.69) is 10.6 Å². The first-order valence-corrected chi connectivity index (χ1v) is 20.5. The van der Waals surface area contributed by atoms with E-state index in [-0.39, 0.29) is 49.4 Å². The molecular weight excluding hydrogens is 637 g/mol. The van der Waals surface area contributed by atoms with E-state index in [1.165, 1.54) is 0 Å². The lowest BCUT2D eigenvalue weighted by Gasteiger charge is -2.37. The van der Waals surface area contributed by atoms with E-state index in [9.17, 15) is 24.3 Å². The number of rotatable bonds is 8. The zero-order valence-corrected chi connectivity index (χ0v) is 29.4. The minimum atomic E-state index is -2.99. The summed E-state index contributed by atoms with van der Waals surface area (Å²) >= 11 is 0. The van der Waals surface area contributed by atoms with Gasteiger partial charge in [-0.15, -0.1) is 0 Å². The first kappa shape index (κ1) is 33.6. The van der Waals surface area contributed by atoms with Crippen molar-refractivity contribution in [2.45, 2.75) is 88.1 Å². The number of amides is 3. The summed E-state index contributed by atoms with van der Waals surface area (Å²) in [6.45, 7) is 7.01. The Balaban J connectivity index is 1.16. The van der Waals surface area contributed by atoms with Crippen LogP contribution in [0, 0.1) is 5.92 Å². The summed E-state index contributed by atoms with van der Waals surface area (Å²) < 4.78 is 6.91. The van der Waals surface area contributed by atoms with Gasteiger partial charge in [-0.25, -0.2) is 0 Å². The van der Waals surface area contributed by atoms with Crippen molar-refractivity contribution in [2.75, 3.05) is 23.4 Å². The van der Waals surface area contributed by atoms with Gasteiger partial charge in [-0.05, 0) is 73.8 Å². The number of hydrogen-bond acceptors (Lipinski definition) is 7. The summed E-state index contributed by atoms with van der Waals surface area (Å²) in [7, 11) is -2.99. The molecule has 4 aliphatic heterocycles. The number of anilines is 2. The molecule has 3 aromatic carbocycles. The number of carbonyl (C=O) groups is 3. The van der Waals surface area contributed by atoms with Crippen LogP contribution in [0.5, 0.6) is 0 Å². The summed E-state index contributed by atoms with van der Waals surface area (Å²) in [6.07, 6.45) is 1.65. The van der Waals surface area contributed by atoms with Crippen molar-refractivity contribution < 1.29 is 29.0 Å². The second-order valence-electron chi connectivity index (χ2n) is 14.6. The number of nitrogens with one attached hydrogen (secondary N) is 2. The van der Waals surface area contributed by atoms with Crippen molar-refractivity contribution >= 4 is 37.4 Å². The molecule has 11 heteroatoms. The Kier molecular flexibility index (Phi) is 8.99. The van der Waals surface area contributed by atoms with Crippen LogP contribution in [-0.2, 0) is 44.2 Å². The van der Waals surface area contributed by atoms with E-state index in [0.717, 1.165) is 47.3 Å². The van der Waals surface area contributed by atoms with Crippen molar-refractivity contribution in [3.8, 4) is 0 Å². The fourth-order valence-corrected chi connectivity index (χ4v) is 11.3. The van der Waals surface area contributed by atoms with Gasteiger partial charge in [0.2, 0.25) is 11.8 Å². The molecule has 10 nitrogen and oxygen atoms in total. The van der Waals surface area contributed by atoms with Gasteiger partial charge in [0.25, 0.3) is 5.91 Å². The molecule has 4 aliphatic rings. The molecule has 2 saturated heterocycles. The van der Waals surface area contributed by atoms with Gasteiger partial charge in [0.05, 0.1) is 43.4 Å². The van der Waals surface area contributed by atoms with Gasteiger partial charge in [0.1, 0.15) is 0 Å². The van der Waals surface area contributed by atoms with Crippen molar-refractivity contribution in [1.82, 2.24) is 10.2 Å². The molecule has 49 heavy (non-hydrogen) atoms. The van der Waals surface area contributed by atoms with Gasteiger partial charge in [0.15, 0.2) is 13.9 Å². The molecule has 6 atom stereocenters. The van der Waals surface area contributed by atoms with Crippen LogP contribution in [0.1, 0.15) is 48.4 Å². The number of aliphatic hydroxyl groups excluding tert-OH is 1. The third-order valence-corrected chi connectivity index (χ3v) is 13.6. The Hall–Kier alpha value is -3.87. The highest BCUT2D eigenvalue weighted by Gasteiger charge is 2.66. The maximum atomic E-state index is 14.8. The Morgan fingerprint density at radius 1 is 1.06 bits per heavy atom. The molecule has 0 aliphatic carbocycles. The lowest BCUT2D eigenvalue weighted by atomic mass is 9.82. The van der Waals surface area contributed by atoms with Crippen molar-refractivity contribution in [2.24, 2.45) is 5.92 Å². The van der Waals surface area contributed by atoms with Gasteiger partial charge in [-0.3, -0.25) is 14.4 Å².